The monoisotopic (exact) mass is 288 g/mol. The smallest absolute Gasteiger partial charge is 0.487 e. The van der Waals surface area contributed by atoms with E-state index in [0.29, 0.717) is 0 Å². The molecule has 0 bridgehead atoms. The van der Waals surface area contributed by atoms with Gasteiger partial charge in [0.15, 0.2) is 0 Å². The predicted octanol–water partition coefficient (Wildman–Crippen LogP) is 3.04. The molecule has 0 aromatic heterocycles. The van der Waals surface area contributed by atoms with E-state index >= 15 is 0 Å². The molecular formula is C17H25BO3. The molecule has 1 atom stereocenters. The maximum Gasteiger partial charge on any atom is 0.494 e. The second-order valence-corrected chi connectivity index (χ2v) is 7.82. The highest BCUT2D eigenvalue weighted by Crippen LogP contribution is 2.48. The van der Waals surface area contributed by atoms with Crippen molar-refractivity contribution in [3.8, 4) is 5.75 Å². The lowest BCUT2D eigenvalue weighted by Crippen LogP contribution is -2.42. The first kappa shape index (κ1) is 14.9. The maximum atomic E-state index is 6.11. The lowest BCUT2D eigenvalue weighted by molar-refractivity contribution is 0.0712. The van der Waals surface area contributed by atoms with Gasteiger partial charge >= 0.3 is 7.12 Å². The molecule has 1 aromatic rings. The predicted molar refractivity (Wildman–Crippen MR) is 85.3 cm³/mol. The van der Waals surface area contributed by atoms with E-state index in [9.17, 15) is 0 Å². The Labute approximate surface area is 128 Å². The summed E-state index contributed by atoms with van der Waals surface area (Å²) in [6.45, 7) is 14.9. The Hall–Kier alpha value is -0.995. The van der Waals surface area contributed by atoms with Gasteiger partial charge in [-0.25, -0.2) is 0 Å². The fourth-order valence-corrected chi connectivity index (χ4v) is 2.89. The van der Waals surface area contributed by atoms with Crippen LogP contribution < -0.4 is 10.2 Å². The fraction of sp³-hybridized carbons (Fsp3) is 0.647. The van der Waals surface area contributed by atoms with Crippen LogP contribution in [0.25, 0.3) is 0 Å². The molecule has 4 heteroatoms. The van der Waals surface area contributed by atoms with Crippen LogP contribution in [0.1, 0.15) is 54.0 Å². The molecule has 1 saturated heterocycles. The minimum atomic E-state index is -0.292. The highest BCUT2D eigenvalue weighted by atomic mass is 16.7. The van der Waals surface area contributed by atoms with Crippen LogP contribution in [0.4, 0.5) is 0 Å². The van der Waals surface area contributed by atoms with Crippen LogP contribution in [-0.4, -0.2) is 24.4 Å². The Morgan fingerprint density at radius 1 is 1.05 bits per heavy atom. The van der Waals surface area contributed by atoms with Crippen molar-refractivity contribution in [2.45, 2.75) is 71.2 Å². The van der Waals surface area contributed by atoms with Gasteiger partial charge in [0.1, 0.15) is 11.4 Å². The van der Waals surface area contributed by atoms with Crippen LogP contribution in [0.15, 0.2) is 18.2 Å². The van der Waals surface area contributed by atoms with Crippen molar-refractivity contribution in [3.63, 3.8) is 0 Å². The van der Waals surface area contributed by atoms with E-state index in [1.165, 1.54) is 5.56 Å². The van der Waals surface area contributed by atoms with Crippen molar-refractivity contribution in [1.82, 2.24) is 0 Å². The first-order valence-corrected chi connectivity index (χ1v) is 7.71. The molecule has 0 spiro atoms. The van der Waals surface area contributed by atoms with Crippen LogP contribution >= 0.6 is 0 Å². The van der Waals surface area contributed by atoms with E-state index in [1.54, 1.807) is 0 Å². The zero-order chi connectivity index (χ0) is 15.6. The molecule has 0 saturated carbocycles. The minimum Gasteiger partial charge on any atom is -0.487 e. The lowest BCUT2D eigenvalue weighted by atomic mass is 9.70. The van der Waals surface area contributed by atoms with Gasteiger partial charge in [-0.3, -0.25) is 0 Å². The second-order valence-electron chi connectivity index (χ2n) is 7.82. The number of hydrogen-bond donors (Lipinski definition) is 0. The van der Waals surface area contributed by atoms with Crippen LogP contribution in [0, 0.1) is 0 Å². The van der Waals surface area contributed by atoms with Gasteiger partial charge < -0.3 is 14.0 Å². The summed E-state index contributed by atoms with van der Waals surface area (Å²) in [4.78, 5) is 0. The second kappa shape index (κ2) is 4.27. The molecule has 3 nitrogen and oxygen atoms in total. The zero-order valence-corrected chi connectivity index (χ0v) is 14.1. The molecule has 2 aliphatic heterocycles. The van der Waals surface area contributed by atoms with Crippen LogP contribution in [0.2, 0.25) is 0 Å². The molecular weight excluding hydrogens is 263 g/mol. The zero-order valence-electron chi connectivity index (χ0n) is 14.1. The van der Waals surface area contributed by atoms with Crippen LogP contribution in [-0.2, 0) is 14.7 Å². The molecule has 114 valence electrons. The third kappa shape index (κ3) is 2.11. The van der Waals surface area contributed by atoms with Crippen LogP contribution in [0.3, 0.4) is 0 Å². The molecule has 0 N–H and O–H groups in total. The summed E-state index contributed by atoms with van der Waals surface area (Å²) in [6.07, 6.45) is 0.0801. The normalized spacial score (nSPS) is 28.3. The van der Waals surface area contributed by atoms with Crippen molar-refractivity contribution in [2.75, 3.05) is 0 Å². The van der Waals surface area contributed by atoms with Gasteiger partial charge in [0.2, 0.25) is 0 Å². The van der Waals surface area contributed by atoms with Crippen molar-refractivity contribution in [3.05, 3.63) is 23.8 Å². The summed E-state index contributed by atoms with van der Waals surface area (Å²) >= 11 is 0. The first-order chi connectivity index (χ1) is 9.54. The largest absolute Gasteiger partial charge is 0.494 e. The van der Waals surface area contributed by atoms with Gasteiger partial charge in [0.05, 0.1) is 11.7 Å². The van der Waals surface area contributed by atoms with Gasteiger partial charge in [-0.05, 0) is 46.1 Å². The van der Waals surface area contributed by atoms with E-state index in [0.717, 1.165) is 11.2 Å². The van der Waals surface area contributed by atoms with Crippen molar-refractivity contribution in [1.29, 1.82) is 0 Å². The van der Waals surface area contributed by atoms with E-state index < -0.39 is 0 Å². The first-order valence-electron chi connectivity index (χ1n) is 7.71. The van der Waals surface area contributed by atoms with Crippen LogP contribution in [0.5, 0.6) is 5.75 Å². The fourth-order valence-electron chi connectivity index (χ4n) is 2.89. The molecule has 0 aliphatic carbocycles. The Kier molecular flexibility index (Phi) is 3.03. The Balaban J connectivity index is 1.96. The highest BCUT2D eigenvalue weighted by molar-refractivity contribution is 6.62. The number of rotatable bonds is 1. The molecule has 3 rings (SSSR count). The van der Waals surface area contributed by atoms with Gasteiger partial charge in [0.25, 0.3) is 0 Å². The molecule has 2 aliphatic rings. The molecule has 1 fully saturated rings. The van der Waals surface area contributed by atoms with Gasteiger partial charge in [-0.2, -0.15) is 0 Å². The Morgan fingerprint density at radius 2 is 1.71 bits per heavy atom. The summed E-state index contributed by atoms with van der Waals surface area (Å²) in [6, 6.07) is 6.28. The third-order valence-electron chi connectivity index (χ3n) is 5.54. The van der Waals surface area contributed by atoms with Crippen molar-refractivity contribution < 1.29 is 14.0 Å². The SMILES string of the molecule is CC1OB(c2ccc3c(c2)C(C)(C)C(C)(C)O3)OC1(C)C. The number of fused-ring (bicyclic) bond motifs is 1. The summed E-state index contributed by atoms with van der Waals surface area (Å²) in [5.74, 6) is 0.971. The summed E-state index contributed by atoms with van der Waals surface area (Å²) in [5.41, 5.74) is 1.79. The average molecular weight is 288 g/mol. The van der Waals surface area contributed by atoms with Crippen molar-refractivity contribution in [2.24, 2.45) is 0 Å². The molecule has 0 amide bonds. The Morgan fingerprint density at radius 3 is 2.29 bits per heavy atom. The van der Waals surface area contributed by atoms with Gasteiger partial charge in [0, 0.05) is 11.0 Å². The molecule has 21 heavy (non-hydrogen) atoms. The molecule has 0 radical (unpaired) electrons. The lowest BCUT2D eigenvalue weighted by Gasteiger charge is -2.33. The van der Waals surface area contributed by atoms with Crippen molar-refractivity contribution >= 4 is 12.6 Å². The number of ether oxygens (including phenoxy) is 1. The number of benzene rings is 1. The van der Waals surface area contributed by atoms with E-state index in [-0.39, 0.29) is 29.8 Å². The van der Waals surface area contributed by atoms with Gasteiger partial charge in [-0.15, -0.1) is 0 Å². The standard InChI is InChI=1S/C17H25BO3/c1-11-16(4,5)21-18(20-11)12-8-9-14-13(10-12)15(2,3)17(6,7)19-14/h8-11H,1-7H3. The average Bonchev–Trinajstić information content (AvgIpc) is 2.72. The third-order valence-corrected chi connectivity index (χ3v) is 5.54. The van der Waals surface area contributed by atoms with Gasteiger partial charge in [-0.1, -0.05) is 26.0 Å². The molecule has 1 aromatic carbocycles. The minimum absolute atomic E-state index is 0.0436. The van der Waals surface area contributed by atoms with E-state index in [4.69, 9.17) is 14.0 Å². The summed E-state index contributed by atoms with van der Waals surface area (Å²) in [5, 5.41) is 0. The van der Waals surface area contributed by atoms with E-state index in [2.05, 4.69) is 60.6 Å². The molecule has 1 unspecified atom stereocenters. The topological polar surface area (TPSA) is 27.7 Å². The summed E-state index contributed by atoms with van der Waals surface area (Å²) in [7, 11) is -0.292. The quantitative estimate of drug-likeness (QED) is 0.743. The number of hydrogen-bond acceptors (Lipinski definition) is 3. The molecule has 2 heterocycles. The summed E-state index contributed by atoms with van der Waals surface area (Å²) < 4.78 is 18.2. The maximum absolute atomic E-state index is 6.11. The highest BCUT2D eigenvalue weighted by Gasteiger charge is 2.49. The Bertz CT molecular complexity index is 577. The van der Waals surface area contributed by atoms with E-state index in [1.807, 2.05) is 6.07 Å².